The number of ether oxygens (including phenoxy) is 3. The van der Waals surface area contributed by atoms with Crippen molar-refractivity contribution >= 4 is 10.9 Å². The monoisotopic (exact) mass is 436 g/mol. The van der Waals surface area contributed by atoms with Crippen molar-refractivity contribution in [2.24, 2.45) is 5.92 Å². The minimum absolute atomic E-state index is 0.185. The first-order chi connectivity index (χ1) is 15.7. The zero-order valence-electron chi connectivity index (χ0n) is 18.2. The van der Waals surface area contributed by atoms with Crippen LogP contribution in [0, 0.1) is 11.7 Å². The van der Waals surface area contributed by atoms with E-state index in [9.17, 15) is 4.39 Å². The molecule has 5 nitrogen and oxygen atoms in total. The van der Waals surface area contributed by atoms with E-state index < -0.39 is 0 Å². The number of nitrogens with one attached hydrogen (secondary N) is 1. The second-order valence-corrected chi connectivity index (χ2v) is 9.26. The molecule has 0 amide bonds. The van der Waals surface area contributed by atoms with Crippen LogP contribution in [-0.4, -0.2) is 43.0 Å². The molecule has 0 saturated carbocycles. The molecule has 0 spiro atoms. The quantitative estimate of drug-likeness (QED) is 0.612. The highest BCUT2D eigenvalue weighted by atomic mass is 19.1. The van der Waals surface area contributed by atoms with Gasteiger partial charge >= 0.3 is 0 Å². The van der Waals surface area contributed by atoms with E-state index in [0.29, 0.717) is 18.8 Å². The van der Waals surface area contributed by atoms with Gasteiger partial charge in [0.15, 0.2) is 11.5 Å². The van der Waals surface area contributed by atoms with E-state index in [1.54, 1.807) is 6.07 Å². The summed E-state index contributed by atoms with van der Waals surface area (Å²) in [5.74, 6) is 2.22. The van der Waals surface area contributed by atoms with Crippen molar-refractivity contribution in [3.8, 4) is 11.5 Å². The normalized spacial score (nSPS) is 21.2. The summed E-state index contributed by atoms with van der Waals surface area (Å²) in [6.07, 6.45) is 7.23. The molecule has 4 heterocycles. The van der Waals surface area contributed by atoms with Crippen LogP contribution in [0.4, 0.5) is 4.39 Å². The molecule has 1 aromatic heterocycles. The first kappa shape index (κ1) is 20.1. The van der Waals surface area contributed by atoms with Gasteiger partial charge in [-0.3, -0.25) is 4.90 Å². The van der Waals surface area contributed by atoms with Gasteiger partial charge in [0, 0.05) is 49.4 Å². The van der Waals surface area contributed by atoms with Gasteiger partial charge in [-0.1, -0.05) is 0 Å². The van der Waals surface area contributed by atoms with Crippen molar-refractivity contribution in [3.05, 3.63) is 59.0 Å². The molecule has 1 saturated heterocycles. The minimum atomic E-state index is -0.185. The number of hydrogen-bond acceptors (Lipinski definition) is 4. The van der Waals surface area contributed by atoms with Gasteiger partial charge in [0.1, 0.15) is 5.82 Å². The second-order valence-electron chi connectivity index (χ2n) is 9.26. The highest BCUT2D eigenvalue weighted by Crippen LogP contribution is 2.42. The van der Waals surface area contributed by atoms with Gasteiger partial charge in [-0.25, -0.2) is 4.39 Å². The Bertz CT molecular complexity index is 1120. The number of benzene rings is 2. The number of rotatable bonds is 5. The Kier molecular flexibility index (Phi) is 5.27. The number of aromatic amines is 1. The van der Waals surface area contributed by atoms with Gasteiger partial charge in [0.2, 0.25) is 6.79 Å². The number of aromatic nitrogens is 1. The summed E-state index contributed by atoms with van der Waals surface area (Å²) in [4.78, 5) is 5.97. The molecule has 0 bridgehead atoms. The molecule has 1 atom stereocenters. The largest absolute Gasteiger partial charge is 0.454 e. The molecule has 3 aliphatic rings. The first-order valence-corrected chi connectivity index (χ1v) is 11.7. The van der Waals surface area contributed by atoms with Crippen LogP contribution in [0.25, 0.3) is 10.9 Å². The van der Waals surface area contributed by atoms with Crippen molar-refractivity contribution in [1.82, 2.24) is 9.88 Å². The van der Waals surface area contributed by atoms with E-state index in [1.807, 2.05) is 12.3 Å². The van der Waals surface area contributed by atoms with Crippen LogP contribution >= 0.6 is 0 Å². The van der Waals surface area contributed by atoms with Crippen LogP contribution < -0.4 is 9.47 Å². The van der Waals surface area contributed by atoms with Crippen molar-refractivity contribution in [3.63, 3.8) is 0 Å². The molecule has 1 N–H and O–H groups in total. The zero-order valence-corrected chi connectivity index (χ0v) is 18.2. The fraction of sp³-hybridized carbons (Fsp3) is 0.462. The standard InChI is InChI=1S/C26H29FN2O3/c27-20-2-3-23-21(12-20)19(14-28-23)1-4-24-22-13-26-25(31-16-32-26)11-18(22)5-8-29(24)15-17-6-9-30-10-7-17/h2-3,11-14,17,24,28H,1,4-10,15-16H2/t24-/m1/s1. The summed E-state index contributed by atoms with van der Waals surface area (Å²) in [5.41, 5.74) is 4.90. The number of hydrogen-bond donors (Lipinski definition) is 1. The topological polar surface area (TPSA) is 46.7 Å². The van der Waals surface area contributed by atoms with Gasteiger partial charge in [-0.15, -0.1) is 0 Å². The van der Waals surface area contributed by atoms with E-state index >= 15 is 0 Å². The third kappa shape index (κ3) is 3.76. The van der Waals surface area contributed by atoms with Crippen LogP contribution in [-0.2, 0) is 17.6 Å². The van der Waals surface area contributed by atoms with Crippen molar-refractivity contribution in [2.75, 3.05) is 33.1 Å². The predicted octanol–water partition coefficient (Wildman–Crippen LogP) is 4.99. The lowest BCUT2D eigenvalue weighted by atomic mass is 9.87. The molecule has 6 heteroatoms. The fourth-order valence-corrected chi connectivity index (χ4v) is 5.61. The molecular formula is C26H29FN2O3. The van der Waals surface area contributed by atoms with Crippen LogP contribution in [0.15, 0.2) is 36.5 Å². The van der Waals surface area contributed by atoms with Gasteiger partial charge in [0.25, 0.3) is 0 Å². The van der Waals surface area contributed by atoms with E-state index in [0.717, 1.165) is 80.8 Å². The molecule has 0 unspecified atom stereocenters. The smallest absolute Gasteiger partial charge is 0.231 e. The highest BCUT2D eigenvalue weighted by molar-refractivity contribution is 5.83. The molecule has 3 aliphatic heterocycles. The molecule has 6 rings (SSSR count). The van der Waals surface area contributed by atoms with Gasteiger partial charge < -0.3 is 19.2 Å². The Hall–Kier alpha value is -2.57. The van der Waals surface area contributed by atoms with E-state index in [2.05, 4.69) is 22.0 Å². The average Bonchev–Trinajstić information content (AvgIpc) is 3.44. The summed E-state index contributed by atoms with van der Waals surface area (Å²) in [7, 11) is 0. The fourth-order valence-electron chi connectivity index (χ4n) is 5.61. The summed E-state index contributed by atoms with van der Waals surface area (Å²) >= 11 is 0. The Labute approximate surface area is 187 Å². The Morgan fingerprint density at radius 2 is 1.91 bits per heavy atom. The van der Waals surface area contributed by atoms with E-state index in [4.69, 9.17) is 14.2 Å². The maximum absolute atomic E-state index is 13.9. The summed E-state index contributed by atoms with van der Waals surface area (Å²) in [6, 6.07) is 9.67. The average molecular weight is 437 g/mol. The third-order valence-corrected chi connectivity index (χ3v) is 7.35. The number of H-pyrrole nitrogens is 1. The third-order valence-electron chi connectivity index (χ3n) is 7.35. The molecule has 1 fully saturated rings. The van der Waals surface area contributed by atoms with E-state index in [1.165, 1.54) is 22.8 Å². The summed E-state index contributed by atoms with van der Waals surface area (Å²) in [6.45, 7) is 4.20. The maximum atomic E-state index is 13.9. The Balaban J connectivity index is 1.29. The van der Waals surface area contributed by atoms with E-state index in [-0.39, 0.29) is 5.82 Å². The first-order valence-electron chi connectivity index (χ1n) is 11.7. The molecular weight excluding hydrogens is 407 g/mol. The number of fused-ring (bicyclic) bond motifs is 3. The molecule has 3 aromatic rings. The lowest BCUT2D eigenvalue weighted by Gasteiger charge is -2.40. The van der Waals surface area contributed by atoms with Crippen LogP contribution in [0.5, 0.6) is 11.5 Å². The van der Waals surface area contributed by atoms with Crippen LogP contribution in [0.1, 0.15) is 42.0 Å². The van der Waals surface area contributed by atoms with Crippen molar-refractivity contribution in [1.29, 1.82) is 0 Å². The minimum Gasteiger partial charge on any atom is -0.454 e. The zero-order chi connectivity index (χ0) is 21.5. The summed E-state index contributed by atoms with van der Waals surface area (Å²) < 4.78 is 30.8. The number of aryl methyl sites for hydroxylation is 1. The van der Waals surface area contributed by atoms with Gasteiger partial charge in [0.05, 0.1) is 0 Å². The molecule has 168 valence electrons. The number of nitrogens with zero attached hydrogens (tertiary/aromatic N) is 1. The maximum Gasteiger partial charge on any atom is 0.231 e. The van der Waals surface area contributed by atoms with Crippen LogP contribution in [0.2, 0.25) is 0 Å². The Morgan fingerprint density at radius 3 is 2.78 bits per heavy atom. The van der Waals surface area contributed by atoms with Crippen molar-refractivity contribution < 1.29 is 18.6 Å². The molecule has 0 radical (unpaired) electrons. The van der Waals surface area contributed by atoms with Crippen molar-refractivity contribution in [2.45, 2.75) is 38.1 Å². The van der Waals surface area contributed by atoms with Gasteiger partial charge in [-0.05, 0) is 85.0 Å². The SMILES string of the molecule is Fc1ccc2[nH]cc(CC[C@@H]3c4cc5c(cc4CCN3CC3CCOCC3)OCO5)c2c1. The summed E-state index contributed by atoms with van der Waals surface area (Å²) in [5, 5.41) is 0.989. The second kappa shape index (κ2) is 8.41. The number of halogens is 1. The van der Waals surface area contributed by atoms with Gasteiger partial charge in [-0.2, -0.15) is 0 Å². The highest BCUT2D eigenvalue weighted by Gasteiger charge is 2.32. The lowest BCUT2D eigenvalue weighted by molar-refractivity contribution is 0.0423. The molecule has 2 aromatic carbocycles. The lowest BCUT2D eigenvalue weighted by Crippen LogP contribution is -2.40. The molecule has 32 heavy (non-hydrogen) atoms. The van der Waals surface area contributed by atoms with Crippen LogP contribution in [0.3, 0.4) is 0 Å². The predicted molar refractivity (Wildman–Crippen MR) is 121 cm³/mol. The Morgan fingerprint density at radius 1 is 1.06 bits per heavy atom. The molecule has 0 aliphatic carbocycles.